The molecule has 20 heavy (non-hydrogen) atoms. The zero-order chi connectivity index (χ0) is 14.5. The molecule has 3 heteroatoms. The molecule has 0 spiro atoms. The summed E-state index contributed by atoms with van der Waals surface area (Å²) in [6.45, 7) is 4.49. The van der Waals surface area contributed by atoms with E-state index in [1.165, 1.54) is 36.1 Å². The summed E-state index contributed by atoms with van der Waals surface area (Å²) in [7, 11) is 0. The van der Waals surface area contributed by atoms with E-state index in [-0.39, 0.29) is 6.04 Å². The summed E-state index contributed by atoms with van der Waals surface area (Å²) in [5, 5.41) is 1.64. The largest absolute Gasteiger partial charge is 0.327 e. The van der Waals surface area contributed by atoms with Crippen molar-refractivity contribution >= 4 is 23.4 Å². The lowest BCUT2D eigenvalue weighted by Crippen LogP contribution is -2.21. The summed E-state index contributed by atoms with van der Waals surface area (Å²) in [6.07, 6.45) is 7.31. The summed E-state index contributed by atoms with van der Waals surface area (Å²) in [4.78, 5) is 1.31. The van der Waals surface area contributed by atoms with Crippen LogP contribution < -0.4 is 5.73 Å². The zero-order valence-corrected chi connectivity index (χ0v) is 14.1. The van der Waals surface area contributed by atoms with Gasteiger partial charge in [-0.1, -0.05) is 44.4 Å². The minimum atomic E-state index is 0.213. The molecular formula is C17H26ClNS. The highest BCUT2D eigenvalue weighted by molar-refractivity contribution is 8.00. The van der Waals surface area contributed by atoms with Gasteiger partial charge in [-0.15, -0.1) is 11.8 Å². The molecule has 1 aliphatic carbocycles. The first kappa shape index (κ1) is 16.2. The number of halogens is 1. The van der Waals surface area contributed by atoms with Crippen LogP contribution in [0.15, 0.2) is 23.1 Å². The maximum Gasteiger partial charge on any atom is 0.0449 e. The second-order valence-corrected chi connectivity index (χ2v) is 7.92. The van der Waals surface area contributed by atoms with Crippen molar-refractivity contribution in [2.75, 3.05) is 0 Å². The van der Waals surface area contributed by atoms with Gasteiger partial charge in [0.2, 0.25) is 0 Å². The minimum Gasteiger partial charge on any atom is -0.327 e. The maximum atomic E-state index is 6.41. The van der Waals surface area contributed by atoms with Crippen LogP contribution >= 0.6 is 23.4 Å². The first-order valence-corrected chi connectivity index (χ1v) is 9.05. The molecule has 0 amide bonds. The second kappa shape index (κ2) is 7.72. The molecule has 0 saturated heterocycles. The molecule has 2 N–H and O–H groups in total. The topological polar surface area (TPSA) is 26.0 Å². The average molecular weight is 312 g/mol. The SMILES string of the molecule is CCC(N)Cc1ccc(SC2CCCC(C)C2)cc1Cl. The smallest absolute Gasteiger partial charge is 0.0449 e. The van der Waals surface area contributed by atoms with E-state index >= 15 is 0 Å². The van der Waals surface area contributed by atoms with Gasteiger partial charge in [-0.2, -0.15) is 0 Å². The van der Waals surface area contributed by atoms with Crippen molar-refractivity contribution in [3.05, 3.63) is 28.8 Å². The summed E-state index contributed by atoms with van der Waals surface area (Å²) in [6, 6.07) is 6.72. The molecule has 1 aromatic carbocycles. The van der Waals surface area contributed by atoms with Crippen LogP contribution in [0.2, 0.25) is 5.02 Å². The Kier molecular flexibility index (Phi) is 6.25. The van der Waals surface area contributed by atoms with Gasteiger partial charge < -0.3 is 5.73 Å². The van der Waals surface area contributed by atoms with E-state index in [2.05, 4.69) is 32.0 Å². The molecule has 112 valence electrons. The number of benzene rings is 1. The quantitative estimate of drug-likeness (QED) is 0.799. The molecule has 1 saturated carbocycles. The fraction of sp³-hybridized carbons (Fsp3) is 0.647. The molecule has 0 radical (unpaired) electrons. The van der Waals surface area contributed by atoms with E-state index in [0.29, 0.717) is 0 Å². The number of hydrogen-bond donors (Lipinski definition) is 1. The number of nitrogens with two attached hydrogens (primary N) is 1. The van der Waals surface area contributed by atoms with Crippen LogP contribution in [0.5, 0.6) is 0 Å². The normalized spacial score (nSPS) is 24.6. The van der Waals surface area contributed by atoms with Crippen LogP contribution in [0.25, 0.3) is 0 Å². The van der Waals surface area contributed by atoms with Crippen molar-refractivity contribution in [3.63, 3.8) is 0 Å². The van der Waals surface area contributed by atoms with E-state index in [1.807, 2.05) is 11.8 Å². The Balaban J connectivity index is 1.97. The number of thioether (sulfide) groups is 1. The van der Waals surface area contributed by atoms with Gasteiger partial charge in [0.05, 0.1) is 0 Å². The second-order valence-electron chi connectivity index (χ2n) is 6.14. The molecule has 3 atom stereocenters. The molecule has 3 unspecified atom stereocenters. The van der Waals surface area contributed by atoms with Gasteiger partial charge in [-0.05, 0) is 49.3 Å². The first-order chi connectivity index (χ1) is 9.58. The van der Waals surface area contributed by atoms with Gasteiger partial charge >= 0.3 is 0 Å². The van der Waals surface area contributed by atoms with Crippen LogP contribution in [0.3, 0.4) is 0 Å². The first-order valence-electron chi connectivity index (χ1n) is 7.79. The van der Waals surface area contributed by atoms with Crippen LogP contribution in [0.4, 0.5) is 0 Å². The third-order valence-electron chi connectivity index (χ3n) is 4.22. The lowest BCUT2D eigenvalue weighted by molar-refractivity contribution is 0.394. The van der Waals surface area contributed by atoms with E-state index < -0.39 is 0 Å². The Morgan fingerprint density at radius 3 is 2.85 bits per heavy atom. The highest BCUT2D eigenvalue weighted by Crippen LogP contribution is 2.37. The molecule has 0 bridgehead atoms. The predicted octanol–water partition coefficient (Wildman–Crippen LogP) is 5.29. The Morgan fingerprint density at radius 1 is 1.40 bits per heavy atom. The van der Waals surface area contributed by atoms with Crippen molar-refractivity contribution in [2.24, 2.45) is 11.7 Å². The molecule has 1 aromatic rings. The van der Waals surface area contributed by atoms with Crippen LogP contribution in [0, 0.1) is 5.92 Å². The Bertz CT molecular complexity index is 435. The van der Waals surface area contributed by atoms with Crippen LogP contribution in [-0.2, 0) is 6.42 Å². The fourth-order valence-corrected chi connectivity index (χ4v) is 4.62. The summed E-state index contributed by atoms with van der Waals surface area (Å²) in [5.41, 5.74) is 7.20. The van der Waals surface area contributed by atoms with Crippen molar-refractivity contribution < 1.29 is 0 Å². The Morgan fingerprint density at radius 2 is 2.20 bits per heavy atom. The van der Waals surface area contributed by atoms with E-state index in [4.69, 9.17) is 17.3 Å². The van der Waals surface area contributed by atoms with E-state index in [0.717, 1.165) is 29.0 Å². The molecule has 1 nitrogen and oxygen atoms in total. The van der Waals surface area contributed by atoms with Gasteiger partial charge in [0, 0.05) is 21.2 Å². The van der Waals surface area contributed by atoms with Crippen molar-refractivity contribution in [1.29, 1.82) is 0 Å². The minimum absolute atomic E-state index is 0.213. The van der Waals surface area contributed by atoms with Gasteiger partial charge in [-0.25, -0.2) is 0 Å². The zero-order valence-electron chi connectivity index (χ0n) is 12.6. The Hall–Kier alpha value is -0.180. The number of rotatable bonds is 5. The predicted molar refractivity (Wildman–Crippen MR) is 90.7 cm³/mol. The maximum absolute atomic E-state index is 6.41. The van der Waals surface area contributed by atoms with Crippen molar-refractivity contribution in [3.8, 4) is 0 Å². The third-order valence-corrected chi connectivity index (χ3v) is 5.86. The monoisotopic (exact) mass is 311 g/mol. The number of hydrogen-bond acceptors (Lipinski definition) is 2. The summed E-state index contributed by atoms with van der Waals surface area (Å²) >= 11 is 8.41. The molecule has 0 heterocycles. The standard InChI is InChI=1S/C17H26ClNS/c1-3-14(19)10-13-7-8-16(11-17(13)18)20-15-6-4-5-12(2)9-15/h7-8,11-12,14-15H,3-6,9-10,19H2,1-2H3. The van der Waals surface area contributed by atoms with Gasteiger partial charge in [0.1, 0.15) is 0 Å². The third kappa shape index (κ3) is 4.68. The van der Waals surface area contributed by atoms with Crippen molar-refractivity contribution in [1.82, 2.24) is 0 Å². The molecule has 0 aliphatic heterocycles. The average Bonchev–Trinajstić information content (AvgIpc) is 2.41. The van der Waals surface area contributed by atoms with Crippen LogP contribution in [0.1, 0.15) is 51.5 Å². The van der Waals surface area contributed by atoms with E-state index in [9.17, 15) is 0 Å². The van der Waals surface area contributed by atoms with Gasteiger partial charge in [0.25, 0.3) is 0 Å². The fourth-order valence-electron chi connectivity index (χ4n) is 2.87. The Labute approximate surface area is 132 Å². The lowest BCUT2D eigenvalue weighted by Gasteiger charge is -2.26. The molecule has 2 rings (SSSR count). The molecule has 0 aromatic heterocycles. The lowest BCUT2D eigenvalue weighted by atomic mass is 9.91. The molecular weight excluding hydrogens is 286 g/mol. The van der Waals surface area contributed by atoms with E-state index in [1.54, 1.807) is 0 Å². The molecule has 1 fully saturated rings. The van der Waals surface area contributed by atoms with Crippen LogP contribution in [-0.4, -0.2) is 11.3 Å². The highest BCUT2D eigenvalue weighted by Gasteiger charge is 2.20. The van der Waals surface area contributed by atoms with Crippen molar-refractivity contribution in [2.45, 2.75) is 68.6 Å². The highest BCUT2D eigenvalue weighted by atomic mass is 35.5. The van der Waals surface area contributed by atoms with Gasteiger partial charge in [-0.3, -0.25) is 0 Å². The molecule has 1 aliphatic rings. The van der Waals surface area contributed by atoms with Gasteiger partial charge in [0.15, 0.2) is 0 Å². The summed E-state index contributed by atoms with van der Waals surface area (Å²) < 4.78 is 0. The summed E-state index contributed by atoms with van der Waals surface area (Å²) in [5.74, 6) is 0.874.